The van der Waals surface area contributed by atoms with Crippen molar-refractivity contribution in [1.82, 2.24) is 19.0 Å². The number of hydrogen-bond acceptors (Lipinski definition) is 5. The third-order valence-corrected chi connectivity index (χ3v) is 6.11. The van der Waals surface area contributed by atoms with E-state index in [-0.39, 0.29) is 23.3 Å². The predicted octanol–water partition coefficient (Wildman–Crippen LogP) is 2.25. The Hall–Kier alpha value is -3.13. The molecule has 0 aliphatic carbocycles. The third-order valence-electron chi connectivity index (χ3n) is 6.11. The van der Waals surface area contributed by atoms with Crippen LogP contribution in [0.1, 0.15) is 34.3 Å². The van der Waals surface area contributed by atoms with Crippen LogP contribution in [0.25, 0.3) is 11.4 Å². The van der Waals surface area contributed by atoms with Gasteiger partial charge in [0.05, 0.1) is 5.56 Å². The number of carbonyl (C=O) groups is 1. The summed E-state index contributed by atoms with van der Waals surface area (Å²) in [4.78, 5) is 32.4. The van der Waals surface area contributed by atoms with E-state index in [1.165, 1.54) is 0 Å². The maximum atomic E-state index is 13.2. The van der Waals surface area contributed by atoms with Crippen LogP contribution in [0.2, 0.25) is 0 Å². The summed E-state index contributed by atoms with van der Waals surface area (Å²) in [5.41, 5.74) is 1.60. The van der Waals surface area contributed by atoms with Crippen LogP contribution < -0.4 is 5.56 Å². The first-order chi connectivity index (χ1) is 14.5. The molecule has 1 amide bonds. The molecule has 0 saturated carbocycles. The summed E-state index contributed by atoms with van der Waals surface area (Å²) < 4.78 is 14.4. The Kier molecular flexibility index (Phi) is 4.58. The van der Waals surface area contributed by atoms with Gasteiger partial charge in [-0.2, -0.15) is 0 Å². The van der Waals surface area contributed by atoms with Gasteiger partial charge in [-0.3, -0.25) is 9.59 Å². The molecular weight excluding hydrogens is 384 g/mol. The van der Waals surface area contributed by atoms with Crippen LogP contribution in [0.15, 0.2) is 45.9 Å². The fourth-order valence-corrected chi connectivity index (χ4v) is 4.78. The summed E-state index contributed by atoms with van der Waals surface area (Å²) in [7, 11) is 3.48. The molecule has 8 heteroatoms. The highest BCUT2D eigenvalue weighted by molar-refractivity contribution is 5.91. The Labute approximate surface area is 173 Å². The van der Waals surface area contributed by atoms with Crippen molar-refractivity contribution in [2.45, 2.75) is 25.5 Å². The van der Waals surface area contributed by atoms with Gasteiger partial charge in [0.25, 0.3) is 11.5 Å². The van der Waals surface area contributed by atoms with Crippen LogP contribution in [-0.2, 0) is 24.9 Å². The number of likely N-dealkylation sites (tertiary alicyclic amines) is 1. The SMILES string of the molecule is COCc1ccc(C(=O)N2C[C@@H]3C[C@H](C2)c2ccc(-c4nccn4C)c(=O)n2C3)o1. The van der Waals surface area contributed by atoms with Gasteiger partial charge in [-0.05, 0) is 36.6 Å². The first-order valence-corrected chi connectivity index (χ1v) is 10.1. The maximum absolute atomic E-state index is 13.2. The molecule has 5 rings (SSSR count). The summed E-state index contributed by atoms with van der Waals surface area (Å²) in [5, 5.41) is 0. The van der Waals surface area contributed by atoms with E-state index in [0.717, 1.165) is 12.1 Å². The molecule has 2 bridgehead atoms. The second-order valence-corrected chi connectivity index (χ2v) is 8.16. The second-order valence-electron chi connectivity index (χ2n) is 8.16. The molecule has 1 fully saturated rings. The number of ether oxygens (including phenoxy) is 1. The number of amides is 1. The van der Waals surface area contributed by atoms with Gasteiger partial charge >= 0.3 is 0 Å². The number of furan rings is 1. The molecule has 2 aliphatic rings. The van der Waals surface area contributed by atoms with Gasteiger partial charge < -0.3 is 23.2 Å². The zero-order valence-corrected chi connectivity index (χ0v) is 17.1. The lowest BCUT2D eigenvalue weighted by Gasteiger charge is -2.42. The van der Waals surface area contributed by atoms with E-state index in [1.54, 1.807) is 25.4 Å². The molecule has 0 radical (unpaired) electrons. The predicted molar refractivity (Wildman–Crippen MR) is 109 cm³/mol. The number of piperidine rings is 1. The number of rotatable bonds is 4. The highest BCUT2D eigenvalue weighted by Crippen LogP contribution is 2.36. The maximum Gasteiger partial charge on any atom is 0.289 e. The number of aryl methyl sites for hydroxylation is 1. The minimum atomic E-state index is -0.104. The van der Waals surface area contributed by atoms with Crippen molar-refractivity contribution >= 4 is 5.91 Å². The molecule has 30 heavy (non-hydrogen) atoms. The van der Waals surface area contributed by atoms with E-state index in [4.69, 9.17) is 9.15 Å². The van der Waals surface area contributed by atoms with Crippen molar-refractivity contribution in [2.75, 3.05) is 20.2 Å². The van der Waals surface area contributed by atoms with Crippen LogP contribution >= 0.6 is 0 Å². The molecule has 5 heterocycles. The van der Waals surface area contributed by atoms with Gasteiger partial charge in [-0.15, -0.1) is 0 Å². The topological polar surface area (TPSA) is 82.5 Å². The monoisotopic (exact) mass is 408 g/mol. The van der Waals surface area contributed by atoms with Gasteiger partial charge in [-0.25, -0.2) is 4.98 Å². The Bertz CT molecular complexity index is 1160. The lowest BCUT2D eigenvalue weighted by molar-refractivity contribution is 0.0557. The molecule has 0 aromatic carbocycles. The van der Waals surface area contributed by atoms with Crippen LogP contribution in [-0.4, -0.2) is 45.1 Å². The summed E-state index contributed by atoms with van der Waals surface area (Å²) >= 11 is 0. The van der Waals surface area contributed by atoms with Gasteiger partial charge in [0.15, 0.2) is 5.76 Å². The largest absolute Gasteiger partial charge is 0.453 e. The Morgan fingerprint density at radius 3 is 2.87 bits per heavy atom. The first-order valence-electron chi connectivity index (χ1n) is 10.1. The first kappa shape index (κ1) is 18.9. The minimum Gasteiger partial charge on any atom is -0.453 e. The number of nitrogens with zero attached hydrogens (tertiary/aromatic N) is 4. The van der Waals surface area contributed by atoms with Crippen molar-refractivity contribution in [1.29, 1.82) is 0 Å². The number of fused-ring (bicyclic) bond motifs is 4. The summed E-state index contributed by atoms with van der Waals surface area (Å²) in [6, 6.07) is 7.36. The van der Waals surface area contributed by atoms with Crippen molar-refractivity contribution < 1.29 is 13.9 Å². The van der Waals surface area contributed by atoms with Crippen molar-refractivity contribution in [3.8, 4) is 11.4 Å². The minimum absolute atomic E-state index is 0.00785. The van der Waals surface area contributed by atoms with Gasteiger partial charge in [0.2, 0.25) is 0 Å². The Morgan fingerprint density at radius 1 is 1.23 bits per heavy atom. The molecule has 2 aliphatic heterocycles. The van der Waals surface area contributed by atoms with Crippen LogP contribution in [0.4, 0.5) is 0 Å². The third kappa shape index (κ3) is 3.08. The summed E-state index contributed by atoms with van der Waals surface area (Å²) in [5.74, 6) is 1.92. The van der Waals surface area contributed by atoms with Gasteiger partial charge in [-0.1, -0.05) is 0 Å². The molecule has 1 saturated heterocycles. The van der Waals surface area contributed by atoms with Crippen LogP contribution in [0, 0.1) is 5.92 Å². The lowest BCUT2D eigenvalue weighted by Crippen LogP contribution is -2.49. The number of methoxy groups -OCH3 is 1. The fraction of sp³-hybridized carbons (Fsp3) is 0.409. The number of hydrogen-bond donors (Lipinski definition) is 0. The molecule has 156 valence electrons. The van der Waals surface area contributed by atoms with E-state index in [9.17, 15) is 9.59 Å². The van der Waals surface area contributed by atoms with Gasteiger partial charge in [0, 0.05) is 57.8 Å². The van der Waals surface area contributed by atoms with E-state index < -0.39 is 0 Å². The highest BCUT2D eigenvalue weighted by atomic mass is 16.5. The average molecular weight is 408 g/mol. The molecule has 0 unspecified atom stereocenters. The number of aromatic nitrogens is 3. The van der Waals surface area contributed by atoms with E-state index in [0.29, 0.717) is 49.1 Å². The molecule has 0 N–H and O–H groups in total. The Morgan fingerprint density at radius 2 is 2.10 bits per heavy atom. The van der Waals surface area contributed by atoms with Crippen molar-refractivity contribution in [3.05, 3.63) is 64.2 Å². The van der Waals surface area contributed by atoms with E-state index >= 15 is 0 Å². The number of pyridine rings is 1. The summed E-state index contributed by atoms with van der Waals surface area (Å²) in [6.45, 7) is 2.15. The van der Waals surface area contributed by atoms with Crippen molar-refractivity contribution in [2.24, 2.45) is 13.0 Å². The summed E-state index contributed by atoms with van der Waals surface area (Å²) in [6.07, 6.45) is 4.52. The molecule has 8 nitrogen and oxygen atoms in total. The highest BCUT2D eigenvalue weighted by Gasteiger charge is 2.37. The smallest absolute Gasteiger partial charge is 0.289 e. The normalized spacial score (nSPS) is 20.3. The van der Waals surface area contributed by atoms with E-state index in [2.05, 4.69) is 4.98 Å². The van der Waals surface area contributed by atoms with Gasteiger partial charge in [0.1, 0.15) is 18.2 Å². The molecule has 3 aromatic rings. The zero-order valence-electron chi connectivity index (χ0n) is 17.1. The van der Waals surface area contributed by atoms with Crippen LogP contribution in [0.3, 0.4) is 0 Å². The molecular formula is C22H24N4O4. The van der Waals surface area contributed by atoms with Crippen LogP contribution in [0.5, 0.6) is 0 Å². The standard InChI is InChI=1S/C22H24N4O4/c1-24-8-7-23-20(24)17-4-5-18-15-9-14(11-26(18)21(17)27)10-25(12-15)22(28)19-6-3-16(30-19)13-29-2/h3-8,14-15H,9-13H2,1-2H3/t14-,15+/m0/s1. The number of imidazole rings is 1. The molecule has 3 aromatic heterocycles. The number of carbonyl (C=O) groups excluding carboxylic acids is 1. The lowest BCUT2D eigenvalue weighted by atomic mass is 9.83. The molecule has 2 atom stereocenters. The molecule has 0 spiro atoms. The van der Waals surface area contributed by atoms with E-state index in [1.807, 2.05) is 39.4 Å². The fourth-order valence-electron chi connectivity index (χ4n) is 4.78. The Balaban J connectivity index is 1.42. The second kappa shape index (κ2) is 7.28. The van der Waals surface area contributed by atoms with Crippen molar-refractivity contribution in [3.63, 3.8) is 0 Å². The zero-order chi connectivity index (χ0) is 20.8. The quantitative estimate of drug-likeness (QED) is 0.661. The average Bonchev–Trinajstić information content (AvgIpc) is 3.38.